The molecule has 1 N–H and O–H groups in total. The van der Waals surface area contributed by atoms with Gasteiger partial charge in [-0.2, -0.15) is 0 Å². The minimum absolute atomic E-state index is 0.0952. The lowest BCUT2D eigenvalue weighted by Gasteiger charge is -2.11. The van der Waals surface area contributed by atoms with E-state index in [1.807, 2.05) is 0 Å². The maximum Gasteiger partial charge on any atom is 0.225 e. The van der Waals surface area contributed by atoms with Crippen molar-refractivity contribution in [1.29, 1.82) is 0 Å². The maximum absolute atomic E-state index is 12.3. The van der Waals surface area contributed by atoms with Crippen molar-refractivity contribution in [1.82, 2.24) is 14.6 Å². The SMILES string of the molecule is Cc1cc(C)c2c(c1)c(C)cc1nnc(SCCC(=O)Nc3ccc(Cl)c(Cl)c3)n12. The number of carbonyl (C=O) groups excluding carboxylic acids is 1. The summed E-state index contributed by atoms with van der Waals surface area (Å²) < 4.78 is 2.08. The number of benzene rings is 2. The quantitative estimate of drug-likeness (QED) is 0.359. The van der Waals surface area contributed by atoms with Crippen molar-refractivity contribution in [3.05, 3.63) is 63.1 Å². The Balaban J connectivity index is 1.52. The van der Waals surface area contributed by atoms with E-state index < -0.39 is 0 Å². The Morgan fingerprint density at radius 1 is 1.03 bits per heavy atom. The molecule has 0 aliphatic rings. The summed E-state index contributed by atoms with van der Waals surface area (Å²) in [6, 6.07) is 11.4. The number of nitrogens with one attached hydrogen (secondary N) is 1. The van der Waals surface area contributed by atoms with E-state index in [1.54, 1.807) is 18.2 Å². The number of amides is 1. The molecule has 0 radical (unpaired) electrons. The van der Waals surface area contributed by atoms with Gasteiger partial charge < -0.3 is 5.32 Å². The van der Waals surface area contributed by atoms with Gasteiger partial charge >= 0.3 is 0 Å². The zero-order chi connectivity index (χ0) is 21.4. The van der Waals surface area contributed by atoms with Gasteiger partial charge in [-0.1, -0.05) is 46.6 Å². The Morgan fingerprint density at radius 3 is 2.60 bits per heavy atom. The standard InChI is InChI=1S/C22H20Cl2N4OS/c1-12-8-14(3)21-16(9-12)13(2)10-19-26-27-22(28(19)21)30-7-6-20(29)25-15-4-5-17(23)18(24)11-15/h4-5,8-11H,6-7H2,1-3H3,(H,25,29). The second kappa shape index (κ2) is 8.46. The number of pyridine rings is 1. The van der Waals surface area contributed by atoms with E-state index in [2.05, 4.69) is 58.9 Å². The molecule has 2 aromatic carbocycles. The molecular weight excluding hydrogens is 439 g/mol. The van der Waals surface area contributed by atoms with Crippen LogP contribution >= 0.6 is 35.0 Å². The molecule has 30 heavy (non-hydrogen) atoms. The summed E-state index contributed by atoms with van der Waals surface area (Å²) in [5.41, 5.74) is 6.13. The fourth-order valence-corrected chi connectivity index (χ4v) is 4.72. The lowest BCUT2D eigenvalue weighted by molar-refractivity contribution is -0.115. The first-order valence-corrected chi connectivity index (χ1v) is 11.2. The number of thioether (sulfide) groups is 1. The lowest BCUT2D eigenvalue weighted by Crippen LogP contribution is -2.12. The predicted molar refractivity (Wildman–Crippen MR) is 125 cm³/mol. The van der Waals surface area contributed by atoms with Crippen LogP contribution in [0.25, 0.3) is 16.6 Å². The van der Waals surface area contributed by atoms with Crippen LogP contribution in [0.3, 0.4) is 0 Å². The summed E-state index contributed by atoms with van der Waals surface area (Å²) in [7, 11) is 0. The first-order valence-electron chi connectivity index (χ1n) is 9.47. The average molecular weight is 459 g/mol. The van der Waals surface area contributed by atoms with Crippen LogP contribution < -0.4 is 5.32 Å². The fourth-order valence-electron chi connectivity index (χ4n) is 3.54. The van der Waals surface area contributed by atoms with E-state index in [0.717, 1.165) is 16.3 Å². The first kappa shape index (κ1) is 21.0. The molecule has 8 heteroatoms. The van der Waals surface area contributed by atoms with E-state index in [9.17, 15) is 4.79 Å². The summed E-state index contributed by atoms with van der Waals surface area (Å²) in [6.07, 6.45) is 0.335. The highest BCUT2D eigenvalue weighted by Crippen LogP contribution is 2.29. The number of hydrogen-bond acceptors (Lipinski definition) is 4. The van der Waals surface area contributed by atoms with Gasteiger partial charge in [-0.25, -0.2) is 0 Å². The smallest absolute Gasteiger partial charge is 0.225 e. The summed E-state index contributed by atoms with van der Waals surface area (Å²) in [4.78, 5) is 12.3. The molecule has 0 bridgehead atoms. The van der Waals surface area contributed by atoms with Crippen molar-refractivity contribution in [3.63, 3.8) is 0 Å². The van der Waals surface area contributed by atoms with Crippen molar-refractivity contribution < 1.29 is 4.79 Å². The van der Waals surface area contributed by atoms with Gasteiger partial charge in [-0.15, -0.1) is 10.2 Å². The number of carbonyl (C=O) groups is 1. The van der Waals surface area contributed by atoms with Gasteiger partial charge in [0.25, 0.3) is 0 Å². The summed E-state index contributed by atoms with van der Waals surface area (Å²) in [5.74, 6) is 0.482. The number of aromatic nitrogens is 3. The van der Waals surface area contributed by atoms with Crippen LogP contribution in [0, 0.1) is 20.8 Å². The summed E-state index contributed by atoms with van der Waals surface area (Å²) in [5, 5.41) is 14.4. The molecule has 2 aromatic heterocycles. The van der Waals surface area contributed by atoms with Crippen LogP contribution in [0.2, 0.25) is 10.0 Å². The largest absolute Gasteiger partial charge is 0.326 e. The minimum atomic E-state index is -0.0952. The van der Waals surface area contributed by atoms with Gasteiger partial charge in [0.2, 0.25) is 5.91 Å². The highest BCUT2D eigenvalue weighted by atomic mass is 35.5. The van der Waals surface area contributed by atoms with E-state index in [4.69, 9.17) is 23.2 Å². The number of hydrogen-bond donors (Lipinski definition) is 1. The molecule has 0 saturated carbocycles. The van der Waals surface area contributed by atoms with Crippen molar-refractivity contribution in [2.75, 3.05) is 11.1 Å². The third-order valence-corrected chi connectivity index (χ3v) is 6.53. The maximum atomic E-state index is 12.3. The normalized spacial score (nSPS) is 11.4. The Labute approximate surface area is 188 Å². The molecule has 5 nitrogen and oxygen atoms in total. The summed E-state index contributed by atoms with van der Waals surface area (Å²) in [6.45, 7) is 6.30. The van der Waals surface area contributed by atoms with E-state index >= 15 is 0 Å². The molecule has 0 spiro atoms. The van der Waals surface area contributed by atoms with Crippen LogP contribution in [0.15, 0.2) is 41.6 Å². The van der Waals surface area contributed by atoms with E-state index in [-0.39, 0.29) is 5.91 Å². The van der Waals surface area contributed by atoms with Crippen LogP contribution in [0.4, 0.5) is 5.69 Å². The highest BCUT2D eigenvalue weighted by Gasteiger charge is 2.14. The van der Waals surface area contributed by atoms with Crippen molar-refractivity contribution in [3.8, 4) is 0 Å². The molecule has 2 heterocycles. The molecule has 0 atom stereocenters. The molecule has 1 amide bonds. The molecule has 154 valence electrons. The molecule has 0 saturated heterocycles. The Bertz CT molecular complexity index is 1290. The highest BCUT2D eigenvalue weighted by molar-refractivity contribution is 7.99. The molecule has 4 aromatic rings. The number of fused-ring (bicyclic) bond motifs is 3. The Morgan fingerprint density at radius 2 is 1.83 bits per heavy atom. The predicted octanol–water partition coefficient (Wildman–Crippen LogP) is 6.24. The van der Waals surface area contributed by atoms with E-state index in [0.29, 0.717) is 27.9 Å². The lowest BCUT2D eigenvalue weighted by atomic mass is 10.0. The van der Waals surface area contributed by atoms with Crippen LogP contribution in [0.1, 0.15) is 23.1 Å². The van der Waals surface area contributed by atoms with Gasteiger partial charge in [0.15, 0.2) is 10.8 Å². The molecule has 0 aliphatic heterocycles. The third-order valence-electron chi connectivity index (χ3n) is 4.86. The van der Waals surface area contributed by atoms with Gasteiger partial charge in [-0.3, -0.25) is 9.20 Å². The molecule has 0 fully saturated rings. The van der Waals surface area contributed by atoms with Gasteiger partial charge in [0, 0.05) is 23.2 Å². The van der Waals surface area contributed by atoms with Gasteiger partial charge in [0.1, 0.15) is 0 Å². The first-order chi connectivity index (χ1) is 14.3. The second-order valence-electron chi connectivity index (χ2n) is 7.26. The number of anilines is 1. The zero-order valence-corrected chi connectivity index (χ0v) is 19.1. The molecule has 0 aliphatic carbocycles. The zero-order valence-electron chi connectivity index (χ0n) is 16.8. The van der Waals surface area contributed by atoms with Crippen molar-refractivity contribution >= 4 is 63.1 Å². The van der Waals surface area contributed by atoms with Crippen molar-refractivity contribution in [2.45, 2.75) is 32.3 Å². The number of aryl methyl sites for hydroxylation is 3. The third kappa shape index (κ3) is 4.13. The monoisotopic (exact) mass is 458 g/mol. The molecule has 0 unspecified atom stereocenters. The van der Waals surface area contributed by atoms with E-state index in [1.165, 1.54) is 33.8 Å². The van der Waals surface area contributed by atoms with Gasteiger partial charge in [-0.05, 0) is 62.2 Å². The van der Waals surface area contributed by atoms with Crippen LogP contribution in [0.5, 0.6) is 0 Å². The van der Waals surface area contributed by atoms with Crippen molar-refractivity contribution in [2.24, 2.45) is 0 Å². The number of rotatable bonds is 5. The minimum Gasteiger partial charge on any atom is -0.326 e. The van der Waals surface area contributed by atoms with Crippen LogP contribution in [-0.4, -0.2) is 26.3 Å². The molecular formula is C22H20Cl2N4OS. The van der Waals surface area contributed by atoms with Crippen LogP contribution in [-0.2, 0) is 4.79 Å². The number of nitrogens with zero attached hydrogens (tertiary/aromatic N) is 3. The van der Waals surface area contributed by atoms with Gasteiger partial charge in [0.05, 0.1) is 15.6 Å². The molecule has 4 rings (SSSR count). The summed E-state index contributed by atoms with van der Waals surface area (Å²) >= 11 is 13.4. The Hall–Kier alpha value is -2.28. The average Bonchev–Trinajstić information content (AvgIpc) is 3.07. The number of halogens is 2. The second-order valence-corrected chi connectivity index (χ2v) is 9.13. The topological polar surface area (TPSA) is 59.3 Å². The Kier molecular flexibility index (Phi) is 5.91. The fraction of sp³-hybridized carbons (Fsp3) is 0.227.